The summed E-state index contributed by atoms with van der Waals surface area (Å²) in [6, 6.07) is 18.0. The van der Waals surface area contributed by atoms with Gasteiger partial charge in [0.1, 0.15) is 11.6 Å². The monoisotopic (exact) mass is 718 g/mol. The van der Waals surface area contributed by atoms with Crippen LogP contribution in [0.2, 0.25) is 0 Å². The zero-order valence-corrected chi connectivity index (χ0v) is 29.9. The number of nitrogens with one attached hydrogen (secondary N) is 1. The summed E-state index contributed by atoms with van der Waals surface area (Å²) in [4.78, 5) is 62.6. The molecule has 2 aliphatic carbocycles. The number of rotatable bonds is 7. The number of ketones is 1. The summed E-state index contributed by atoms with van der Waals surface area (Å²) in [5.74, 6) is -0.385. The number of nitrogens with zero attached hydrogens (tertiary/aromatic N) is 5. The van der Waals surface area contributed by atoms with Gasteiger partial charge < -0.3 is 14.6 Å². The Morgan fingerprint density at radius 1 is 0.906 bits per heavy atom. The Morgan fingerprint density at radius 2 is 1.72 bits per heavy atom. The molecule has 1 aliphatic heterocycles. The van der Waals surface area contributed by atoms with Crippen LogP contribution >= 0.6 is 0 Å². The van der Waals surface area contributed by atoms with E-state index >= 15 is 0 Å². The minimum absolute atomic E-state index is 0.0102. The Morgan fingerprint density at radius 3 is 2.51 bits per heavy atom. The second-order valence-corrected chi connectivity index (χ2v) is 14.7. The molecule has 4 heterocycles. The number of benzene rings is 2. The summed E-state index contributed by atoms with van der Waals surface area (Å²) < 4.78 is 22.9. The molecule has 3 aliphatic rings. The normalized spacial score (nSPS) is 19.9. The molecule has 11 nitrogen and oxygen atoms in total. The van der Waals surface area contributed by atoms with Crippen LogP contribution in [-0.2, 0) is 13.0 Å². The predicted molar refractivity (Wildman–Crippen MR) is 199 cm³/mol. The van der Waals surface area contributed by atoms with Crippen LogP contribution in [-0.4, -0.2) is 74.9 Å². The summed E-state index contributed by atoms with van der Waals surface area (Å²) in [5, 5.41) is 3.03. The Hall–Kier alpha value is -5.20. The molecule has 0 unspecified atom stereocenters. The number of furan rings is 1. The van der Waals surface area contributed by atoms with Crippen LogP contribution in [0.25, 0.3) is 27.8 Å². The van der Waals surface area contributed by atoms with Crippen molar-refractivity contribution in [3.8, 4) is 16.8 Å². The number of Topliss-reactive ketones (excluding diaryl/α,β-unsaturated/α-hetero) is 1. The van der Waals surface area contributed by atoms with Gasteiger partial charge in [0.25, 0.3) is 11.5 Å². The molecule has 1 amide bonds. The first-order chi connectivity index (χ1) is 25.7. The maximum absolute atomic E-state index is 14.6. The van der Waals surface area contributed by atoms with Crippen LogP contribution in [0.15, 0.2) is 80.9 Å². The van der Waals surface area contributed by atoms with E-state index in [1.165, 1.54) is 20.8 Å². The molecule has 2 fully saturated rings. The van der Waals surface area contributed by atoms with Gasteiger partial charge >= 0.3 is 5.69 Å². The van der Waals surface area contributed by atoms with Gasteiger partial charge in [-0.1, -0.05) is 36.4 Å². The summed E-state index contributed by atoms with van der Waals surface area (Å²) in [6.45, 7) is 5.19. The first-order valence-corrected chi connectivity index (χ1v) is 18.6. The van der Waals surface area contributed by atoms with Crippen LogP contribution < -0.4 is 16.6 Å². The summed E-state index contributed by atoms with van der Waals surface area (Å²) in [6.07, 6.45) is 5.89. The first kappa shape index (κ1) is 34.9. The molecule has 1 saturated carbocycles. The second-order valence-electron chi connectivity index (χ2n) is 14.7. The summed E-state index contributed by atoms with van der Waals surface area (Å²) in [7, 11) is 2.17. The molecule has 3 aromatic heterocycles. The number of carbonyl (C=O) groups excluding carboxylic acids is 2. The molecule has 8 rings (SSSR count). The number of aryl methyl sites for hydroxylation is 1. The van der Waals surface area contributed by atoms with Crippen molar-refractivity contribution in [1.29, 1.82) is 0 Å². The Kier molecular flexibility index (Phi) is 9.65. The van der Waals surface area contributed by atoms with E-state index in [4.69, 9.17) is 4.42 Å². The van der Waals surface area contributed by atoms with Crippen molar-refractivity contribution < 1.29 is 18.4 Å². The largest absolute Gasteiger partial charge is 0.455 e. The molecular weight excluding hydrogens is 675 g/mol. The number of halogens is 1. The third-order valence-electron chi connectivity index (χ3n) is 11.0. The highest BCUT2D eigenvalue weighted by Gasteiger charge is 2.30. The van der Waals surface area contributed by atoms with Crippen LogP contribution in [0.3, 0.4) is 0 Å². The van der Waals surface area contributed by atoms with Crippen molar-refractivity contribution in [3.05, 3.63) is 116 Å². The van der Waals surface area contributed by atoms with E-state index in [9.17, 15) is 23.6 Å². The molecule has 0 atom stereocenters. The fraction of sp³-hybridized carbons (Fsp3) is 0.390. The SMILES string of the molecule is CN1CCCN(Cc2ccc(-c3cccc(-n4c(=O)n(C5CCC(NC(=O)c6cc7c(o6)CCCC7=O)CC5)c(=O)c5cc(F)cnc54)c3)cc2)CC1. The van der Waals surface area contributed by atoms with E-state index in [1.807, 2.05) is 18.2 Å². The zero-order valence-electron chi connectivity index (χ0n) is 29.9. The highest BCUT2D eigenvalue weighted by Crippen LogP contribution is 2.30. The van der Waals surface area contributed by atoms with Crippen molar-refractivity contribution >= 4 is 22.7 Å². The summed E-state index contributed by atoms with van der Waals surface area (Å²) in [5.41, 5.74) is 3.07. The van der Waals surface area contributed by atoms with E-state index in [2.05, 4.69) is 51.4 Å². The van der Waals surface area contributed by atoms with Crippen molar-refractivity contribution in [1.82, 2.24) is 29.2 Å². The Balaban J connectivity index is 1.04. The van der Waals surface area contributed by atoms with Gasteiger partial charge in [-0.2, -0.15) is 0 Å². The third-order valence-corrected chi connectivity index (χ3v) is 11.0. The van der Waals surface area contributed by atoms with Gasteiger partial charge in [-0.3, -0.25) is 23.9 Å². The molecule has 1 saturated heterocycles. The van der Waals surface area contributed by atoms with Gasteiger partial charge in [-0.15, -0.1) is 0 Å². The number of hydrogen-bond donors (Lipinski definition) is 1. The lowest BCUT2D eigenvalue weighted by Gasteiger charge is -2.30. The Bertz CT molecular complexity index is 2300. The molecule has 0 spiro atoms. The highest BCUT2D eigenvalue weighted by atomic mass is 19.1. The fourth-order valence-corrected chi connectivity index (χ4v) is 8.12. The van der Waals surface area contributed by atoms with E-state index in [0.29, 0.717) is 62.0 Å². The number of fused-ring (bicyclic) bond motifs is 2. The van der Waals surface area contributed by atoms with Crippen molar-refractivity contribution in [3.63, 3.8) is 0 Å². The van der Waals surface area contributed by atoms with Gasteiger partial charge in [0, 0.05) is 50.6 Å². The van der Waals surface area contributed by atoms with Crippen LogP contribution in [0.1, 0.15) is 83.2 Å². The lowest BCUT2D eigenvalue weighted by molar-refractivity contribution is 0.0889. The average Bonchev–Trinajstić information content (AvgIpc) is 3.51. The molecule has 12 heteroatoms. The van der Waals surface area contributed by atoms with E-state index < -0.39 is 23.1 Å². The lowest BCUT2D eigenvalue weighted by Crippen LogP contribution is -2.45. The number of likely N-dealkylation sites (N-methyl/N-ethyl adjacent to an activating group) is 1. The van der Waals surface area contributed by atoms with Crippen LogP contribution in [0, 0.1) is 5.82 Å². The van der Waals surface area contributed by atoms with Gasteiger partial charge in [0.15, 0.2) is 17.2 Å². The molecule has 1 N–H and O–H groups in total. The third kappa shape index (κ3) is 7.13. The predicted octanol–water partition coefficient (Wildman–Crippen LogP) is 5.52. The van der Waals surface area contributed by atoms with E-state index in [1.54, 1.807) is 6.07 Å². The smallest absolute Gasteiger partial charge is 0.337 e. The first-order valence-electron chi connectivity index (χ1n) is 18.6. The molecule has 0 bridgehead atoms. The number of carbonyl (C=O) groups is 2. The maximum atomic E-state index is 14.6. The van der Waals surface area contributed by atoms with Crippen molar-refractivity contribution in [2.75, 3.05) is 33.2 Å². The van der Waals surface area contributed by atoms with Gasteiger partial charge in [-0.05, 0) is 93.6 Å². The van der Waals surface area contributed by atoms with Crippen LogP contribution in [0.5, 0.6) is 0 Å². The van der Waals surface area contributed by atoms with Crippen molar-refractivity contribution in [2.45, 2.75) is 70.0 Å². The molecule has 53 heavy (non-hydrogen) atoms. The Labute approximate surface area is 306 Å². The average molecular weight is 719 g/mol. The molecule has 2 aromatic carbocycles. The molecule has 0 radical (unpaired) electrons. The number of hydrogen-bond acceptors (Lipinski definition) is 8. The van der Waals surface area contributed by atoms with Crippen molar-refractivity contribution in [2.24, 2.45) is 0 Å². The summed E-state index contributed by atoms with van der Waals surface area (Å²) >= 11 is 0. The van der Waals surface area contributed by atoms with E-state index in [0.717, 1.165) is 62.5 Å². The zero-order chi connectivity index (χ0) is 36.6. The van der Waals surface area contributed by atoms with Crippen LogP contribution in [0.4, 0.5) is 4.39 Å². The minimum Gasteiger partial charge on any atom is -0.455 e. The van der Waals surface area contributed by atoms with E-state index in [-0.39, 0.29) is 34.5 Å². The second kappa shape index (κ2) is 14.7. The lowest BCUT2D eigenvalue weighted by atomic mass is 9.90. The molecule has 5 aromatic rings. The topological polar surface area (TPSA) is 123 Å². The molecule has 274 valence electrons. The highest BCUT2D eigenvalue weighted by molar-refractivity contribution is 6.01. The quantitative estimate of drug-likeness (QED) is 0.234. The van der Waals surface area contributed by atoms with Gasteiger partial charge in [0.2, 0.25) is 0 Å². The maximum Gasteiger partial charge on any atom is 0.337 e. The van der Waals surface area contributed by atoms with Gasteiger partial charge in [0.05, 0.1) is 22.8 Å². The number of aromatic nitrogens is 3. The standard InChI is InChI=1S/C41H43FN6O5/c1-45-17-4-18-46(20-19-45)25-26-9-11-27(12-10-26)28-5-2-6-32(21-28)47-38-34(22-29(42)24-43-38)40(51)48(41(47)52)31-15-13-30(14-16-31)44-39(50)37-23-33-35(49)7-3-8-36(33)53-37/h2,5-6,9-12,21-24,30-31H,3-4,7-8,13-20,25H2,1H3,(H,44,50). The molecular formula is C41H43FN6O5. The fourth-order valence-electron chi connectivity index (χ4n) is 8.12. The number of pyridine rings is 1. The number of amides is 1. The minimum atomic E-state index is -0.667. The van der Waals surface area contributed by atoms with Gasteiger partial charge in [-0.25, -0.2) is 18.7 Å².